The van der Waals surface area contributed by atoms with E-state index < -0.39 is 17.7 Å². The van der Waals surface area contributed by atoms with E-state index in [1.54, 1.807) is 30.3 Å². The Morgan fingerprint density at radius 3 is 2.41 bits per heavy atom. The molecule has 0 spiro atoms. The van der Waals surface area contributed by atoms with Crippen molar-refractivity contribution in [2.45, 2.75) is 0 Å². The average Bonchev–Trinajstić information content (AvgIpc) is 2.73. The lowest BCUT2D eigenvalue weighted by molar-refractivity contribution is -0.116. The van der Waals surface area contributed by atoms with Crippen LogP contribution in [0.3, 0.4) is 0 Å². The van der Waals surface area contributed by atoms with Crippen molar-refractivity contribution >= 4 is 29.1 Å². The molecule has 0 bridgehead atoms. The third kappa shape index (κ3) is 2.42. The first kappa shape index (κ1) is 13.8. The van der Waals surface area contributed by atoms with Gasteiger partial charge >= 0.3 is 0 Å². The zero-order chi connectivity index (χ0) is 15.7. The second-order valence-corrected chi connectivity index (χ2v) is 4.92. The van der Waals surface area contributed by atoms with Crippen molar-refractivity contribution in [1.29, 1.82) is 0 Å². The number of para-hydroxylation sites is 1. The molecule has 0 saturated carbocycles. The van der Waals surface area contributed by atoms with Gasteiger partial charge in [-0.05, 0) is 30.3 Å². The van der Waals surface area contributed by atoms with E-state index in [-0.39, 0.29) is 17.7 Å². The highest BCUT2D eigenvalue weighted by Crippen LogP contribution is 2.24. The largest absolute Gasteiger partial charge is 0.399 e. The number of imide groups is 1. The average molecular weight is 295 g/mol. The minimum atomic E-state index is -0.504. The third-order valence-corrected chi connectivity index (χ3v) is 3.35. The van der Waals surface area contributed by atoms with Crippen molar-refractivity contribution in [3.8, 4) is 0 Å². The van der Waals surface area contributed by atoms with Gasteiger partial charge in [0, 0.05) is 11.4 Å². The molecule has 0 aromatic heterocycles. The number of rotatable bonds is 3. The number of nitrogens with two attached hydrogens (primary N) is 1. The Balaban J connectivity index is 1.75. The van der Waals surface area contributed by atoms with Crippen molar-refractivity contribution in [2.75, 3.05) is 17.6 Å². The van der Waals surface area contributed by atoms with Crippen LogP contribution < -0.4 is 11.1 Å². The van der Waals surface area contributed by atoms with Gasteiger partial charge in [0.2, 0.25) is 5.91 Å². The molecule has 2 aromatic rings. The van der Waals surface area contributed by atoms with Crippen LogP contribution in [0.2, 0.25) is 0 Å². The van der Waals surface area contributed by atoms with Crippen molar-refractivity contribution < 1.29 is 14.4 Å². The third-order valence-electron chi connectivity index (χ3n) is 3.35. The molecule has 22 heavy (non-hydrogen) atoms. The number of anilines is 2. The molecule has 3 amide bonds. The number of nitrogens with zero attached hydrogens (tertiary/aromatic N) is 1. The first-order chi connectivity index (χ1) is 10.6. The number of fused-ring (bicyclic) bond motifs is 1. The number of hydrogen-bond acceptors (Lipinski definition) is 4. The Labute approximate surface area is 126 Å². The molecule has 2 aromatic carbocycles. The van der Waals surface area contributed by atoms with Gasteiger partial charge < -0.3 is 11.1 Å². The summed E-state index contributed by atoms with van der Waals surface area (Å²) in [6.07, 6.45) is 0. The molecule has 1 aliphatic heterocycles. The second kappa shape index (κ2) is 5.33. The number of amides is 3. The Morgan fingerprint density at radius 2 is 1.68 bits per heavy atom. The van der Waals surface area contributed by atoms with Crippen molar-refractivity contribution in [3.05, 3.63) is 59.7 Å². The Hall–Kier alpha value is -3.15. The number of nitrogen functional groups attached to an aromatic ring is 1. The fourth-order valence-electron chi connectivity index (χ4n) is 2.32. The SMILES string of the molecule is Nc1ccc2c(c1)C(=O)N(CC(=O)Nc1ccccc1)C2=O. The Morgan fingerprint density at radius 1 is 1.00 bits per heavy atom. The van der Waals surface area contributed by atoms with E-state index in [0.717, 1.165) is 4.90 Å². The first-order valence-electron chi connectivity index (χ1n) is 6.67. The summed E-state index contributed by atoms with van der Waals surface area (Å²) in [5, 5.41) is 2.64. The maximum absolute atomic E-state index is 12.2. The maximum Gasteiger partial charge on any atom is 0.262 e. The fraction of sp³-hybridized carbons (Fsp3) is 0.0625. The number of carbonyl (C=O) groups is 3. The summed E-state index contributed by atoms with van der Waals surface area (Å²) in [4.78, 5) is 37.3. The van der Waals surface area contributed by atoms with Gasteiger partial charge in [-0.3, -0.25) is 19.3 Å². The highest BCUT2D eigenvalue weighted by molar-refractivity contribution is 6.23. The fourth-order valence-corrected chi connectivity index (χ4v) is 2.32. The van der Waals surface area contributed by atoms with Crippen LogP contribution in [0.1, 0.15) is 20.7 Å². The first-order valence-corrected chi connectivity index (χ1v) is 6.67. The summed E-state index contributed by atoms with van der Waals surface area (Å²) in [7, 11) is 0. The molecule has 6 nitrogen and oxygen atoms in total. The van der Waals surface area contributed by atoms with Gasteiger partial charge in [0.15, 0.2) is 0 Å². The molecule has 6 heteroatoms. The molecule has 0 saturated heterocycles. The number of hydrogen-bond donors (Lipinski definition) is 2. The number of carbonyl (C=O) groups excluding carboxylic acids is 3. The predicted molar refractivity (Wildman–Crippen MR) is 81.3 cm³/mol. The van der Waals surface area contributed by atoms with Crippen LogP contribution in [0.15, 0.2) is 48.5 Å². The highest BCUT2D eigenvalue weighted by atomic mass is 16.2. The van der Waals surface area contributed by atoms with Gasteiger partial charge in [-0.25, -0.2) is 0 Å². The van der Waals surface area contributed by atoms with E-state index in [0.29, 0.717) is 11.4 Å². The van der Waals surface area contributed by atoms with Crippen LogP contribution in [0.25, 0.3) is 0 Å². The quantitative estimate of drug-likeness (QED) is 0.663. The van der Waals surface area contributed by atoms with Crippen molar-refractivity contribution in [2.24, 2.45) is 0 Å². The van der Waals surface area contributed by atoms with E-state index in [1.165, 1.54) is 12.1 Å². The van der Waals surface area contributed by atoms with E-state index in [2.05, 4.69) is 5.32 Å². The van der Waals surface area contributed by atoms with E-state index in [4.69, 9.17) is 5.73 Å². The Bertz CT molecular complexity index is 771. The van der Waals surface area contributed by atoms with Gasteiger partial charge in [0.05, 0.1) is 11.1 Å². The normalized spacial score (nSPS) is 13.2. The van der Waals surface area contributed by atoms with Crippen LogP contribution in [0.5, 0.6) is 0 Å². The molecule has 0 radical (unpaired) electrons. The molecule has 3 N–H and O–H groups in total. The number of benzene rings is 2. The topological polar surface area (TPSA) is 92.5 Å². The van der Waals surface area contributed by atoms with Crippen LogP contribution in [0, 0.1) is 0 Å². The van der Waals surface area contributed by atoms with Gasteiger partial charge in [-0.2, -0.15) is 0 Å². The van der Waals surface area contributed by atoms with Crippen LogP contribution in [-0.4, -0.2) is 29.2 Å². The molecular formula is C16H13N3O3. The van der Waals surface area contributed by atoms with Crippen LogP contribution in [0.4, 0.5) is 11.4 Å². The molecule has 1 aliphatic rings. The van der Waals surface area contributed by atoms with E-state index >= 15 is 0 Å². The monoisotopic (exact) mass is 295 g/mol. The maximum atomic E-state index is 12.2. The van der Waals surface area contributed by atoms with Gasteiger partial charge in [0.1, 0.15) is 6.54 Å². The minimum Gasteiger partial charge on any atom is -0.399 e. The molecular weight excluding hydrogens is 282 g/mol. The standard InChI is InChI=1S/C16H13N3O3/c17-10-6-7-12-13(8-10)16(22)19(15(12)21)9-14(20)18-11-4-2-1-3-5-11/h1-8H,9,17H2,(H,18,20). The lowest BCUT2D eigenvalue weighted by atomic mass is 10.1. The predicted octanol–water partition coefficient (Wildman–Crippen LogP) is 1.50. The zero-order valence-electron chi connectivity index (χ0n) is 11.6. The molecule has 0 unspecified atom stereocenters. The summed E-state index contributed by atoms with van der Waals surface area (Å²) in [5.41, 5.74) is 7.13. The van der Waals surface area contributed by atoms with Crippen molar-refractivity contribution in [3.63, 3.8) is 0 Å². The Kier molecular flexibility index (Phi) is 3.34. The smallest absolute Gasteiger partial charge is 0.262 e. The molecule has 1 heterocycles. The summed E-state index contributed by atoms with van der Waals surface area (Å²) in [5.74, 6) is -1.42. The van der Waals surface area contributed by atoms with Crippen LogP contribution in [-0.2, 0) is 4.79 Å². The van der Waals surface area contributed by atoms with Crippen LogP contribution >= 0.6 is 0 Å². The van der Waals surface area contributed by atoms with Gasteiger partial charge in [-0.15, -0.1) is 0 Å². The molecule has 3 rings (SSSR count). The second-order valence-electron chi connectivity index (χ2n) is 4.92. The van der Waals surface area contributed by atoms with Crippen molar-refractivity contribution in [1.82, 2.24) is 4.90 Å². The lowest BCUT2D eigenvalue weighted by Gasteiger charge is -2.13. The summed E-state index contributed by atoms with van der Waals surface area (Å²) in [6.45, 7) is -0.332. The number of nitrogens with one attached hydrogen (secondary N) is 1. The summed E-state index contributed by atoms with van der Waals surface area (Å²) in [6, 6.07) is 13.3. The minimum absolute atomic E-state index is 0.234. The molecule has 0 aliphatic carbocycles. The van der Waals surface area contributed by atoms with E-state index in [9.17, 15) is 14.4 Å². The molecule has 110 valence electrons. The van der Waals surface area contributed by atoms with Gasteiger partial charge in [0.25, 0.3) is 11.8 Å². The van der Waals surface area contributed by atoms with Gasteiger partial charge in [-0.1, -0.05) is 18.2 Å². The zero-order valence-corrected chi connectivity index (χ0v) is 11.6. The van der Waals surface area contributed by atoms with E-state index in [1.807, 2.05) is 6.07 Å². The molecule has 0 atom stereocenters. The summed E-state index contributed by atoms with van der Waals surface area (Å²) < 4.78 is 0. The molecule has 0 fully saturated rings. The lowest BCUT2D eigenvalue weighted by Crippen LogP contribution is -2.37. The summed E-state index contributed by atoms with van der Waals surface area (Å²) >= 11 is 0. The highest BCUT2D eigenvalue weighted by Gasteiger charge is 2.36.